The molecule has 2 heterocycles. The number of rotatable bonds is 8. The molecule has 2 aromatic heterocycles. The topological polar surface area (TPSA) is 105 Å². The zero-order valence-electron chi connectivity index (χ0n) is 23.9. The number of carbonyl (C=O) groups excluding carboxylic acids is 1. The minimum atomic E-state index is -0.532. The summed E-state index contributed by atoms with van der Waals surface area (Å²) in [5, 5.41) is 13.1. The lowest BCUT2D eigenvalue weighted by molar-refractivity contribution is 0.0262. The number of amides is 1. The Kier molecular flexibility index (Phi) is 8.68. The van der Waals surface area contributed by atoms with E-state index in [1.165, 1.54) is 0 Å². The summed E-state index contributed by atoms with van der Waals surface area (Å²) in [5.41, 5.74) is 3.52. The molecule has 3 rings (SSSR count). The minimum absolute atomic E-state index is 0.0623. The Morgan fingerprint density at radius 1 is 1.16 bits per heavy atom. The fraction of sp³-hybridized carbons (Fsp3) is 0.517. The van der Waals surface area contributed by atoms with E-state index in [2.05, 4.69) is 32.2 Å². The third kappa shape index (κ3) is 7.01. The zero-order valence-corrected chi connectivity index (χ0v) is 23.9. The van der Waals surface area contributed by atoms with Gasteiger partial charge < -0.3 is 15.0 Å². The van der Waals surface area contributed by atoms with Crippen LogP contribution in [-0.4, -0.2) is 50.3 Å². The number of nitrogens with one attached hydrogen (secondary N) is 1. The molecule has 9 heteroatoms. The maximum absolute atomic E-state index is 12.9. The summed E-state index contributed by atoms with van der Waals surface area (Å²) < 4.78 is 8.79. The Morgan fingerprint density at radius 3 is 2.47 bits per heavy atom. The van der Waals surface area contributed by atoms with Gasteiger partial charge in [0.25, 0.3) is 0 Å². The molecule has 1 amide bonds. The van der Waals surface area contributed by atoms with E-state index in [-0.39, 0.29) is 17.2 Å². The van der Waals surface area contributed by atoms with Gasteiger partial charge in [0.05, 0.1) is 22.8 Å². The lowest BCUT2D eigenvalue weighted by Gasteiger charge is -2.26. The molecule has 0 bridgehead atoms. The number of imidazole rings is 1. The number of ether oxygens (including phenoxy) is 1. The van der Waals surface area contributed by atoms with Crippen LogP contribution in [0.3, 0.4) is 0 Å². The Balaban J connectivity index is 1.79. The largest absolute Gasteiger partial charge is 0.444 e. The molecule has 3 aromatic rings. The summed E-state index contributed by atoms with van der Waals surface area (Å²) in [6.45, 7) is 16.6. The van der Waals surface area contributed by atoms with Crippen molar-refractivity contribution >= 4 is 17.3 Å². The van der Waals surface area contributed by atoms with E-state index in [4.69, 9.17) is 9.72 Å². The van der Waals surface area contributed by atoms with Crippen LogP contribution in [0.4, 0.5) is 4.79 Å². The Hall–Kier alpha value is -3.64. The SMILES string of the molecule is CCN(CCNCc1ccc(C#N)c(-c2ccc3c(n2)n(C)c(=O)n3CC(C)(C)C)c1)C(=O)OC(C)(C)C. The van der Waals surface area contributed by atoms with Gasteiger partial charge in [-0.3, -0.25) is 9.13 Å². The van der Waals surface area contributed by atoms with Crippen molar-refractivity contribution in [2.24, 2.45) is 12.5 Å². The van der Waals surface area contributed by atoms with Crippen LogP contribution in [0, 0.1) is 16.7 Å². The summed E-state index contributed by atoms with van der Waals surface area (Å²) >= 11 is 0. The maximum Gasteiger partial charge on any atom is 0.410 e. The van der Waals surface area contributed by atoms with Crippen molar-refractivity contribution in [2.45, 2.75) is 67.2 Å². The summed E-state index contributed by atoms with van der Waals surface area (Å²) in [5.74, 6) is 0. The van der Waals surface area contributed by atoms with Crippen LogP contribution in [0.15, 0.2) is 35.1 Å². The monoisotopic (exact) mass is 520 g/mol. The number of hydrogen-bond acceptors (Lipinski definition) is 6. The van der Waals surface area contributed by atoms with Crippen LogP contribution in [-0.2, 0) is 24.9 Å². The predicted octanol–water partition coefficient (Wildman–Crippen LogP) is 4.67. The molecule has 0 aliphatic carbocycles. The van der Waals surface area contributed by atoms with Gasteiger partial charge in [-0.05, 0) is 62.9 Å². The first-order valence-electron chi connectivity index (χ1n) is 13.0. The van der Waals surface area contributed by atoms with Crippen molar-refractivity contribution < 1.29 is 9.53 Å². The van der Waals surface area contributed by atoms with Crippen molar-refractivity contribution in [3.8, 4) is 17.3 Å². The molecular weight excluding hydrogens is 480 g/mol. The Morgan fingerprint density at radius 2 is 1.87 bits per heavy atom. The lowest BCUT2D eigenvalue weighted by atomic mass is 9.97. The molecule has 1 N–H and O–H groups in total. The highest BCUT2D eigenvalue weighted by Gasteiger charge is 2.21. The average molecular weight is 521 g/mol. The highest BCUT2D eigenvalue weighted by atomic mass is 16.6. The smallest absolute Gasteiger partial charge is 0.410 e. The molecule has 0 aliphatic rings. The van der Waals surface area contributed by atoms with Gasteiger partial charge in [0.15, 0.2) is 5.65 Å². The lowest BCUT2D eigenvalue weighted by Crippen LogP contribution is -2.40. The average Bonchev–Trinajstić information content (AvgIpc) is 3.06. The third-order valence-corrected chi connectivity index (χ3v) is 6.01. The van der Waals surface area contributed by atoms with Crippen LogP contribution >= 0.6 is 0 Å². The number of pyridine rings is 1. The fourth-order valence-electron chi connectivity index (χ4n) is 4.21. The molecule has 0 unspecified atom stereocenters. The second-order valence-corrected chi connectivity index (χ2v) is 11.8. The molecular formula is C29H40N6O3. The number of nitriles is 1. The molecule has 0 spiro atoms. The van der Waals surface area contributed by atoms with Gasteiger partial charge in [0, 0.05) is 45.3 Å². The number of aromatic nitrogens is 3. The van der Waals surface area contributed by atoms with E-state index in [9.17, 15) is 14.9 Å². The minimum Gasteiger partial charge on any atom is -0.444 e. The highest BCUT2D eigenvalue weighted by Crippen LogP contribution is 2.26. The van der Waals surface area contributed by atoms with Crippen LogP contribution in [0.2, 0.25) is 0 Å². The maximum atomic E-state index is 12.9. The van der Waals surface area contributed by atoms with Crippen molar-refractivity contribution in [3.63, 3.8) is 0 Å². The molecule has 0 atom stereocenters. The number of hydrogen-bond donors (Lipinski definition) is 1. The first-order valence-corrected chi connectivity index (χ1v) is 13.0. The van der Waals surface area contributed by atoms with Gasteiger partial charge in [-0.15, -0.1) is 0 Å². The summed E-state index contributed by atoms with van der Waals surface area (Å²) in [7, 11) is 1.73. The molecule has 204 valence electrons. The van der Waals surface area contributed by atoms with Crippen LogP contribution in [0.5, 0.6) is 0 Å². The summed E-state index contributed by atoms with van der Waals surface area (Å²) in [6.07, 6.45) is -0.324. The van der Waals surface area contributed by atoms with Gasteiger partial charge in [-0.1, -0.05) is 26.8 Å². The molecule has 1 aromatic carbocycles. The Labute approximate surface area is 225 Å². The van der Waals surface area contributed by atoms with Crippen LogP contribution in [0.25, 0.3) is 22.4 Å². The van der Waals surface area contributed by atoms with E-state index < -0.39 is 5.60 Å². The third-order valence-electron chi connectivity index (χ3n) is 6.01. The van der Waals surface area contributed by atoms with Crippen LogP contribution < -0.4 is 11.0 Å². The van der Waals surface area contributed by atoms with Crippen molar-refractivity contribution in [2.75, 3.05) is 19.6 Å². The molecule has 38 heavy (non-hydrogen) atoms. The molecule has 0 saturated carbocycles. The molecule has 0 radical (unpaired) electrons. The first kappa shape index (κ1) is 28.9. The number of likely N-dealkylation sites (N-methyl/N-ethyl adjacent to an activating group) is 1. The van der Waals surface area contributed by atoms with Gasteiger partial charge in [0.2, 0.25) is 0 Å². The predicted molar refractivity (Wildman–Crippen MR) is 150 cm³/mol. The van der Waals surface area contributed by atoms with Crippen molar-refractivity contribution in [3.05, 3.63) is 51.9 Å². The highest BCUT2D eigenvalue weighted by molar-refractivity contribution is 5.78. The van der Waals surface area contributed by atoms with E-state index in [1.54, 1.807) is 27.1 Å². The van der Waals surface area contributed by atoms with Gasteiger partial charge in [-0.25, -0.2) is 14.6 Å². The van der Waals surface area contributed by atoms with Gasteiger partial charge in [-0.2, -0.15) is 5.26 Å². The van der Waals surface area contributed by atoms with Gasteiger partial charge in [0.1, 0.15) is 5.60 Å². The second kappa shape index (κ2) is 11.4. The number of fused-ring (bicyclic) bond motifs is 1. The number of benzene rings is 1. The normalized spacial score (nSPS) is 12.0. The fourth-order valence-corrected chi connectivity index (χ4v) is 4.21. The second-order valence-electron chi connectivity index (χ2n) is 11.8. The number of aryl methyl sites for hydroxylation is 1. The standard InChI is InChI=1S/C29H40N6O3/c1-9-34(27(37)38-29(5,6)7)15-14-31-18-20-10-11-21(17-30)22(16-20)23-12-13-24-25(32-23)33(8)26(36)35(24)19-28(2,3)4/h10-13,16,31H,9,14-15,18-19H2,1-8H3. The van der Waals surface area contributed by atoms with Crippen LogP contribution in [0.1, 0.15) is 59.6 Å². The first-order chi connectivity index (χ1) is 17.7. The molecule has 0 fully saturated rings. The van der Waals surface area contributed by atoms with E-state index in [0.29, 0.717) is 55.2 Å². The number of nitrogens with zero attached hydrogens (tertiary/aromatic N) is 5. The molecule has 9 nitrogen and oxygen atoms in total. The molecule has 0 saturated heterocycles. The van der Waals surface area contributed by atoms with E-state index in [0.717, 1.165) is 11.1 Å². The quantitative estimate of drug-likeness (QED) is 0.433. The van der Waals surface area contributed by atoms with Gasteiger partial charge >= 0.3 is 11.8 Å². The molecule has 0 aliphatic heterocycles. The number of carbonyl (C=O) groups is 1. The summed E-state index contributed by atoms with van der Waals surface area (Å²) in [4.78, 5) is 31.7. The van der Waals surface area contributed by atoms with Crippen molar-refractivity contribution in [1.82, 2.24) is 24.3 Å². The van der Waals surface area contributed by atoms with E-state index in [1.807, 2.05) is 52.0 Å². The Bertz CT molecular complexity index is 1400. The zero-order chi connectivity index (χ0) is 28.3. The van der Waals surface area contributed by atoms with E-state index >= 15 is 0 Å². The summed E-state index contributed by atoms with van der Waals surface area (Å²) in [6, 6.07) is 11.7. The van der Waals surface area contributed by atoms with Crippen molar-refractivity contribution in [1.29, 1.82) is 5.26 Å².